The Hall–Kier alpha value is -4.10. The van der Waals surface area contributed by atoms with Crippen LogP contribution in [0.15, 0.2) is 47.0 Å². The molecule has 0 spiro atoms. The summed E-state index contributed by atoms with van der Waals surface area (Å²) in [6, 6.07) is 8.62. The minimum Gasteiger partial charge on any atom is -0.469 e. The number of rotatable bonds is 17. The summed E-state index contributed by atoms with van der Waals surface area (Å²) in [5.74, 6) is -2.16. The molecule has 0 aliphatic heterocycles. The van der Waals surface area contributed by atoms with E-state index in [0.29, 0.717) is 23.5 Å². The summed E-state index contributed by atoms with van der Waals surface area (Å²) < 4.78 is 10.6. The van der Waals surface area contributed by atoms with Crippen molar-refractivity contribution >= 4 is 41.0 Å². The molecule has 0 bridgehead atoms. The summed E-state index contributed by atoms with van der Waals surface area (Å²) in [4.78, 5) is 72.0. The van der Waals surface area contributed by atoms with Gasteiger partial charge in [-0.25, -0.2) is 4.98 Å². The molecule has 13 heteroatoms. The van der Waals surface area contributed by atoms with Gasteiger partial charge in [0.15, 0.2) is 6.10 Å². The summed E-state index contributed by atoms with van der Waals surface area (Å²) in [7, 11) is 6.58. The second-order valence-electron chi connectivity index (χ2n) is 12.9. The summed E-state index contributed by atoms with van der Waals surface area (Å²) in [6.07, 6.45) is 1.84. The molecule has 2 aromatic rings. The first-order valence-corrected chi connectivity index (χ1v) is 17.0. The molecule has 1 saturated carbocycles. The molecule has 1 aromatic heterocycles. The van der Waals surface area contributed by atoms with E-state index in [2.05, 4.69) is 15.6 Å². The molecule has 48 heavy (non-hydrogen) atoms. The van der Waals surface area contributed by atoms with Crippen LogP contribution in [0.4, 0.5) is 0 Å². The average molecular weight is 684 g/mol. The highest BCUT2D eigenvalue weighted by Crippen LogP contribution is 2.35. The van der Waals surface area contributed by atoms with Crippen LogP contribution in [0.25, 0.3) is 0 Å². The van der Waals surface area contributed by atoms with E-state index in [1.54, 1.807) is 38.3 Å². The minimum atomic E-state index is -0.864. The lowest BCUT2D eigenvalue weighted by molar-refractivity contribution is -0.147. The van der Waals surface area contributed by atoms with Crippen molar-refractivity contribution in [3.63, 3.8) is 0 Å². The van der Waals surface area contributed by atoms with Crippen LogP contribution < -0.4 is 10.6 Å². The molecule has 4 atom stereocenters. The van der Waals surface area contributed by atoms with Gasteiger partial charge >= 0.3 is 11.9 Å². The number of ether oxygens (including phenoxy) is 2. The van der Waals surface area contributed by atoms with E-state index in [4.69, 9.17) is 9.47 Å². The zero-order valence-electron chi connectivity index (χ0n) is 29.2. The molecule has 1 aliphatic rings. The Morgan fingerprint density at radius 2 is 1.69 bits per heavy atom. The van der Waals surface area contributed by atoms with Gasteiger partial charge in [0.2, 0.25) is 11.8 Å². The number of hydrogen-bond acceptors (Lipinski definition) is 10. The molecule has 2 N–H and O–H groups in total. The molecule has 3 rings (SSSR count). The van der Waals surface area contributed by atoms with E-state index in [1.165, 1.54) is 30.3 Å². The van der Waals surface area contributed by atoms with Gasteiger partial charge in [-0.1, -0.05) is 42.8 Å². The number of allylic oxidation sites excluding steroid dienone is 1. The second-order valence-corrected chi connectivity index (χ2v) is 13.7. The highest BCUT2D eigenvalue weighted by molar-refractivity contribution is 7.09. The molecule has 1 aliphatic carbocycles. The Kier molecular flexibility index (Phi) is 14.3. The van der Waals surface area contributed by atoms with Crippen LogP contribution in [-0.2, 0) is 35.1 Å². The summed E-state index contributed by atoms with van der Waals surface area (Å²) >= 11 is 1.18. The van der Waals surface area contributed by atoms with Gasteiger partial charge in [-0.05, 0) is 65.1 Å². The Morgan fingerprint density at radius 3 is 2.25 bits per heavy atom. The minimum absolute atomic E-state index is 0.0649. The first-order chi connectivity index (χ1) is 22.7. The average Bonchev–Trinajstić information content (AvgIpc) is 3.75. The third-order valence-electron chi connectivity index (χ3n) is 8.07. The monoisotopic (exact) mass is 683 g/mol. The molecule has 1 aromatic carbocycles. The molecule has 1 fully saturated rings. The smallest absolute Gasteiger partial charge is 0.308 e. The number of esters is 2. The quantitative estimate of drug-likeness (QED) is 0.237. The summed E-state index contributed by atoms with van der Waals surface area (Å²) in [5, 5.41) is 7.93. The second kappa shape index (κ2) is 17.9. The van der Waals surface area contributed by atoms with Gasteiger partial charge in [0.05, 0.1) is 19.6 Å². The number of amides is 3. The molecular weight excluding hydrogens is 634 g/mol. The fourth-order valence-corrected chi connectivity index (χ4v) is 6.33. The fourth-order valence-electron chi connectivity index (χ4n) is 5.51. The van der Waals surface area contributed by atoms with Crippen molar-refractivity contribution in [3.05, 3.63) is 63.2 Å². The van der Waals surface area contributed by atoms with E-state index in [9.17, 15) is 24.0 Å². The SMILES string of the molecule is COC(=O)[C@@H](C)C[C@H](Cc1ccccc1)NC(=O)c1csc([C@@H](CC(=C(C)C)N(C)C(=O)[C@@H](NC(=O)CN(C)C)C2CC2)OC(C)=O)n1. The molecule has 262 valence electrons. The van der Waals surface area contributed by atoms with Gasteiger partial charge in [-0.15, -0.1) is 11.3 Å². The number of benzene rings is 1. The van der Waals surface area contributed by atoms with E-state index < -0.39 is 29.9 Å². The number of thiazole rings is 1. The molecule has 3 amide bonds. The summed E-state index contributed by atoms with van der Waals surface area (Å²) in [6.45, 7) is 6.95. The number of carbonyl (C=O) groups excluding carboxylic acids is 5. The van der Waals surface area contributed by atoms with Crippen molar-refractivity contribution < 1.29 is 33.4 Å². The normalized spacial score (nSPS) is 15.0. The number of likely N-dealkylation sites (N-methyl/N-ethyl adjacent to an activating group) is 2. The predicted molar refractivity (Wildman–Crippen MR) is 183 cm³/mol. The number of aromatic nitrogens is 1. The maximum absolute atomic E-state index is 13.8. The van der Waals surface area contributed by atoms with Crippen molar-refractivity contribution in [2.45, 2.75) is 78.0 Å². The van der Waals surface area contributed by atoms with E-state index >= 15 is 0 Å². The standard InChI is InChI=1S/C35H49N5O7S/c1-21(2)28(40(7)34(44)31(25-14-15-25)38-30(42)19-39(5)6)18-29(47-23(4)41)33-37-27(20-48-33)32(43)36-26(16-22(3)35(45)46-8)17-24-12-10-9-11-13-24/h9-13,20,22,25-26,29,31H,14-19H2,1-8H3,(H,36,43)(H,38,42)/t22-,26+,29+,31-/m0/s1. The van der Waals surface area contributed by atoms with Gasteiger partial charge in [0.1, 0.15) is 16.7 Å². The molecule has 0 saturated heterocycles. The third kappa shape index (κ3) is 11.6. The van der Waals surface area contributed by atoms with Crippen LogP contribution in [0.1, 0.15) is 80.5 Å². The van der Waals surface area contributed by atoms with Crippen LogP contribution in [0, 0.1) is 11.8 Å². The predicted octanol–water partition coefficient (Wildman–Crippen LogP) is 3.89. The number of hydrogen-bond donors (Lipinski definition) is 2. The molecule has 0 radical (unpaired) electrons. The van der Waals surface area contributed by atoms with Gasteiger partial charge in [-0.3, -0.25) is 24.0 Å². The van der Waals surface area contributed by atoms with E-state index in [0.717, 1.165) is 24.0 Å². The zero-order valence-corrected chi connectivity index (χ0v) is 30.0. The van der Waals surface area contributed by atoms with E-state index in [1.807, 2.05) is 44.2 Å². The topological polar surface area (TPSA) is 147 Å². The van der Waals surface area contributed by atoms with Gasteiger partial charge < -0.3 is 29.9 Å². The van der Waals surface area contributed by atoms with Crippen molar-refractivity contribution in [1.29, 1.82) is 0 Å². The Labute approximate surface area is 287 Å². The molecular formula is C35H49N5O7S. The van der Waals surface area contributed by atoms with Crippen molar-refractivity contribution in [2.24, 2.45) is 11.8 Å². The van der Waals surface area contributed by atoms with Crippen LogP contribution in [0.2, 0.25) is 0 Å². The number of nitrogens with one attached hydrogen (secondary N) is 2. The third-order valence-corrected chi connectivity index (χ3v) is 9.00. The lowest BCUT2D eigenvalue weighted by Crippen LogP contribution is -2.50. The first-order valence-electron chi connectivity index (χ1n) is 16.1. The highest BCUT2D eigenvalue weighted by Gasteiger charge is 2.40. The number of nitrogens with zero attached hydrogens (tertiary/aromatic N) is 3. The first kappa shape index (κ1) is 38.3. The maximum atomic E-state index is 13.8. The highest BCUT2D eigenvalue weighted by atomic mass is 32.1. The van der Waals surface area contributed by atoms with Crippen molar-refractivity contribution in [2.75, 3.05) is 34.8 Å². The van der Waals surface area contributed by atoms with Crippen LogP contribution in [0.5, 0.6) is 0 Å². The Morgan fingerprint density at radius 1 is 1.02 bits per heavy atom. The molecule has 0 unspecified atom stereocenters. The van der Waals surface area contributed by atoms with Crippen molar-refractivity contribution in [1.82, 2.24) is 25.4 Å². The van der Waals surface area contributed by atoms with Gasteiger partial charge in [-0.2, -0.15) is 0 Å². The zero-order chi connectivity index (χ0) is 35.5. The lowest BCUT2D eigenvalue weighted by Gasteiger charge is -2.29. The van der Waals surface area contributed by atoms with Gasteiger partial charge in [0.25, 0.3) is 5.91 Å². The Bertz CT molecular complexity index is 1470. The number of methoxy groups -OCH3 is 1. The van der Waals surface area contributed by atoms with Crippen LogP contribution >= 0.6 is 11.3 Å². The van der Waals surface area contributed by atoms with Crippen molar-refractivity contribution in [3.8, 4) is 0 Å². The lowest BCUT2D eigenvalue weighted by atomic mass is 9.96. The number of carbonyl (C=O) groups is 5. The summed E-state index contributed by atoms with van der Waals surface area (Å²) in [5.41, 5.74) is 2.61. The fraction of sp³-hybridized carbons (Fsp3) is 0.543. The van der Waals surface area contributed by atoms with Gasteiger partial charge in [0, 0.05) is 37.5 Å². The van der Waals surface area contributed by atoms with Crippen LogP contribution in [-0.4, -0.2) is 91.3 Å². The largest absolute Gasteiger partial charge is 0.469 e. The maximum Gasteiger partial charge on any atom is 0.308 e. The Balaban J connectivity index is 1.80. The molecule has 1 heterocycles. The molecule has 12 nitrogen and oxygen atoms in total. The van der Waals surface area contributed by atoms with E-state index in [-0.39, 0.29) is 48.4 Å². The van der Waals surface area contributed by atoms with Crippen LogP contribution in [0.3, 0.4) is 0 Å².